The van der Waals surface area contributed by atoms with Crippen LogP contribution in [0.1, 0.15) is 37.0 Å². The highest BCUT2D eigenvalue weighted by molar-refractivity contribution is 5.32. The predicted molar refractivity (Wildman–Crippen MR) is 63.8 cm³/mol. The van der Waals surface area contributed by atoms with Gasteiger partial charge in [0.25, 0.3) is 0 Å². The third kappa shape index (κ3) is 3.91. The van der Waals surface area contributed by atoms with Gasteiger partial charge in [-0.25, -0.2) is 4.39 Å². The van der Waals surface area contributed by atoms with Gasteiger partial charge in [-0.1, -0.05) is 19.4 Å². The number of benzene rings is 1. The average Bonchev–Trinajstić information content (AvgIpc) is 2.34. The lowest BCUT2D eigenvalue weighted by molar-refractivity contribution is -0.139. The Morgan fingerprint density at radius 3 is 2.42 bits per heavy atom. The molecule has 0 aromatic heterocycles. The highest BCUT2D eigenvalue weighted by Gasteiger charge is 2.36. The molecule has 0 amide bonds. The first-order valence-corrected chi connectivity index (χ1v) is 6.06. The summed E-state index contributed by atoms with van der Waals surface area (Å²) in [6, 6.07) is 2.28. The van der Waals surface area contributed by atoms with Crippen molar-refractivity contribution >= 4 is 0 Å². The zero-order chi connectivity index (χ0) is 14.6. The molecular formula is C13H17F4NO. The maximum atomic E-state index is 13.0. The van der Waals surface area contributed by atoms with Crippen LogP contribution in [0, 0.1) is 11.7 Å². The van der Waals surface area contributed by atoms with E-state index in [9.17, 15) is 22.7 Å². The van der Waals surface area contributed by atoms with Crippen LogP contribution < -0.4 is 5.73 Å². The molecule has 0 fully saturated rings. The number of rotatable bonds is 5. The predicted octanol–water partition coefficient (Wildman–Crippen LogP) is 3.25. The molecular weight excluding hydrogens is 262 g/mol. The highest BCUT2D eigenvalue weighted by atomic mass is 19.4. The van der Waals surface area contributed by atoms with Crippen molar-refractivity contribution in [3.05, 3.63) is 35.1 Å². The molecule has 2 atom stereocenters. The first-order valence-electron chi connectivity index (χ1n) is 6.06. The molecule has 0 aliphatic heterocycles. The molecule has 0 saturated carbocycles. The summed E-state index contributed by atoms with van der Waals surface area (Å²) in [5.41, 5.74) is 4.01. The lowest BCUT2D eigenvalue weighted by atomic mass is 9.89. The van der Waals surface area contributed by atoms with E-state index >= 15 is 0 Å². The van der Waals surface area contributed by atoms with E-state index in [1.165, 1.54) is 0 Å². The second kappa shape index (κ2) is 6.34. The van der Waals surface area contributed by atoms with Crippen molar-refractivity contribution in [1.82, 2.24) is 0 Å². The van der Waals surface area contributed by atoms with Gasteiger partial charge in [-0.05, 0) is 30.7 Å². The van der Waals surface area contributed by atoms with Gasteiger partial charge < -0.3 is 10.8 Å². The van der Waals surface area contributed by atoms with Gasteiger partial charge in [0.2, 0.25) is 0 Å². The van der Waals surface area contributed by atoms with Crippen LogP contribution in [0.25, 0.3) is 0 Å². The third-order valence-corrected chi connectivity index (χ3v) is 3.05. The molecule has 3 N–H and O–H groups in total. The molecule has 0 radical (unpaired) electrons. The summed E-state index contributed by atoms with van der Waals surface area (Å²) < 4.78 is 51.5. The Balaban J connectivity index is 3.18. The number of hydrogen-bond acceptors (Lipinski definition) is 2. The molecule has 1 rings (SSSR count). The van der Waals surface area contributed by atoms with E-state index in [-0.39, 0.29) is 12.1 Å². The van der Waals surface area contributed by atoms with Crippen molar-refractivity contribution < 1.29 is 22.7 Å². The molecule has 6 heteroatoms. The minimum Gasteiger partial charge on any atom is -0.388 e. The molecule has 2 nitrogen and oxygen atoms in total. The molecule has 2 unspecified atom stereocenters. The Kier molecular flexibility index (Phi) is 5.31. The van der Waals surface area contributed by atoms with E-state index in [4.69, 9.17) is 5.73 Å². The van der Waals surface area contributed by atoms with E-state index in [1.54, 1.807) is 0 Å². The van der Waals surface area contributed by atoms with Crippen LogP contribution in [0.4, 0.5) is 17.6 Å². The van der Waals surface area contributed by atoms with Crippen LogP contribution in [0.3, 0.4) is 0 Å². The van der Waals surface area contributed by atoms with E-state index in [0.717, 1.165) is 12.1 Å². The zero-order valence-electron chi connectivity index (χ0n) is 10.5. The van der Waals surface area contributed by atoms with Gasteiger partial charge in [-0.2, -0.15) is 13.2 Å². The van der Waals surface area contributed by atoms with Crippen molar-refractivity contribution in [3.8, 4) is 0 Å². The van der Waals surface area contributed by atoms with Crippen LogP contribution >= 0.6 is 0 Å². The molecule has 0 spiro atoms. The second-order valence-electron chi connectivity index (χ2n) is 4.46. The Morgan fingerprint density at radius 2 is 1.95 bits per heavy atom. The molecule has 108 valence electrons. The lowest BCUT2D eigenvalue weighted by Crippen LogP contribution is -2.24. The van der Waals surface area contributed by atoms with E-state index in [2.05, 4.69) is 0 Å². The van der Waals surface area contributed by atoms with Crippen LogP contribution in [-0.4, -0.2) is 11.7 Å². The summed E-state index contributed by atoms with van der Waals surface area (Å²) in [6.07, 6.45) is -4.85. The molecule has 1 aromatic carbocycles. The van der Waals surface area contributed by atoms with Gasteiger partial charge in [-0.3, -0.25) is 0 Å². The monoisotopic (exact) mass is 279 g/mol. The summed E-state index contributed by atoms with van der Waals surface area (Å²) >= 11 is 0. The van der Waals surface area contributed by atoms with Crippen LogP contribution in [0.15, 0.2) is 18.2 Å². The lowest BCUT2D eigenvalue weighted by Gasteiger charge is -2.24. The molecule has 0 aliphatic rings. The zero-order valence-corrected chi connectivity index (χ0v) is 10.5. The number of aliphatic hydroxyl groups excluding tert-OH is 1. The smallest absolute Gasteiger partial charge is 0.388 e. The quantitative estimate of drug-likeness (QED) is 0.813. The van der Waals surface area contributed by atoms with Crippen molar-refractivity contribution in [1.29, 1.82) is 0 Å². The van der Waals surface area contributed by atoms with Crippen LogP contribution in [-0.2, 0) is 6.18 Å². The van der Waals surface area contributed by atoms with E-state index < -0.39 is 29.6 Å². The Bertz CT molecular complexity index is 420. The summed E-state index contributed by atoms with van der Waals surface area (Å²) in [6.45, 7) is 1.92. The summed E-state index contributed by atoms with van der Waals surface area (Å²) in [5, 5.41) is 10.0. The average molecular weight is 279 g/mol. The molecule has 0 bridgehead atoms. The number of halogens is 4. The standard InChI is InChI=1S/C13H17F4NO/c1-2-3-8(7-18)12(19)10-5-4-9(14)6-11(10)13(15,16)17/h4-6,8,12,19H,2-3,7,18H2,1H3. The summed E-state index contributed by atoms with van der Waals surface area (Å²) in [5.74, 6) is -1.46. The Labute approximate surface area is 109 Å². The van der Waals surface area contributed by atoms with E-state index in [0.29, 0.717) is 18.9 Å². The van der Waals surface area contributed by atoms with Gasteiger partial charge in [0.15, 0.2) is 0 Å². The van der Waals surface area contributed by atoms with Crippen molar-refractivity contribution in [2.75, 3.05) is 6.54 Å². The van der Waals surface area contributed by atoms with Crippen molar-refractivity contribution in [2.24, 2.45) is 11.7 Å². The van der Waals surface area contributed by atoms with Crippen molar-refractivity contribution in [2.45, 2.75) is 32.0 Å². The molecule has 19 heavy (non-hydrogen) atoms. The number of alkyl halides is 3. The fourth-order valence-corrected chi connectivity index (χ4v) is 2.06. The maximum Gasteiger partial charge on any atom is 0.416 e. The van der Waals surface area contributed by atoms with Crippen LogP contribution in [0.2, 0.25) is 0 Å². The summed E-state index contributed by atoms with van der Waals surface area (Å²) in [4.78, 5) is 0. The number of hydrogen-bond donors (Lipinski definition) is 2. The van der Waals surface area contributed by atoms with E-state index in [1.807, 2.05) is 6.92 Å². The maximum absolute atomic E-state index is 13.0. The van der Waals surface area contributed by atoms with Gasteiger partial charge >= 0.3 is 6.18 Å². The highest BCUT2D eigenvalue weighted by Crippen LogP contribution is 2.37. The minimum absolute atomic E-state index is 0.0731. The molecule has 0 saturated heterocycles. The SMILES string of the molecule is CCCC(CN)C(O)c1ccc(F)cc1C(F)(F)F. The minimum atomic E-state index is -4.70. The largest absolute Gasteiger partial charge is 0.416 e. The number of nitrogens with two attached hydrogens (primary N) is 1. The first kappa shape index (κ1) is 15.9. The summed E-state index contributed by atoms with van der Waals surface area (Å²) in [7, 11) is 0. The van der Waals surface area contributed by atoms with Gasteiger partial charge in [0.1, 0.15) is 5.82 Å². The normalized spacial score (nSPS) is 15.3. The molecule has 0 aliphatic carbocycles. The van der Waals surface area contributed by atoms with Gasteiger partial charge in [0, 0.05) is 5.92 Å². The number of aliphatic hydroxyl groups is 1. The topological polar surface area (TPSA) is 46.2 Å². The fourth-order valence-electron chi connectivity index (χ4n) is 2.06. The van der Waals surface area contributed by atoms with Crippen LogP contribution in [0.5, 0.6) is 0 Å². The van der Waals surface area contributed by atoms with Gasteiger partial charge in [-0.15, -0.1) is 0 Å². The molecule has 1 aromatic rings. The van der Waals surface area contributed by atoms with Gasteiger partial charge in [0.05, 0.1) is 11.7 Å². The molecule has 0 heterocycles. The Hall–Kier alpha value is -1.14. The Morgan fingerprint density at radius 1 is 1.32 bits per heavy atom. The first-order chi connectivity index (χ1) is 8.81. The van der Waals surface area contributed by atoms with Crippen molar-refractivity contribution in [3.63, 3.8) is 0 Å². The fraction of sp³-hybridized carbons (Fsp3) is 0.538. The second-order valence-corrected chi connectivity index (χ2v) is 4.46. The third-order valence-electron chi connectivity index (χ3n) is 3.05.